The van der Waals surface area contributed by atoms with Gasteiger partial charge in [-0.15, -0.1) is 0 Å². The Kier molecular flexibility index (Phi) is 3.40. The fraction of sp³-hybridized carbons (Fsp3) is 0.385. The average Bonchev–Trinajstić information content (AvgIpc) is 2.73. The average molecular weight is 229 g/mol. The molecule has 1 aliphatic heterocycles. The predicted molar refractivity (Wildman–Crippen MR) is 63.5 cm³/mol. The molecule has 1 aromatic carbocycles. The first-order chi connectivity index (χ1) is 8.20. The number of benzene rings is 1. The van der Waals surface area contributed by atoms with Gasteiger partial charge in [0.05, 0.1) is 17.9 Å². The molecule has 88 valence electrons. The summed E-state index contributed by atoms with van der Waals surface area (Å²) in [4.78, 5) is 13.3. The second-order valence-corrected chi connectivity index (χ2v) is 4.42. The molecule has 2 N–H and O–H groups in total. The van der Waals surface area contributed by atoms with Crippen molar-refractivity contribution in [3.05, 3.63) is 35.9 Å². The van der Waals surface area contributed by atoms with Crippen LogP contribution in [0.3, 0.4) is 0 Å². The molecule has 2 rings (SSSR count). The Morgan fingerprint density at radius 2 is 2.12 bits per heavy atom. The molecule has 0 aliphatic carbocycles. The normalized spacial score (nSPS) is 24.4. The van der Waals surface area contributed by atoms with Crippen LogP contribution in [0.5, 0.6) is 0 Å². The summed E-state index contributed by atoms with van der Waals surface area (Å²) in [5.74, 6) is -0.966. The summed E-state index contributed by atoms with van der Waals surface area (Å²) >= 11 is 0. The zero-order valence-electron chi connectivity index (χ0n) is 9.54. The number of nitrogens with zero attached hydrogens (tertiary/aromatic N) is 2. The fourth-order valence-electron chi connectivity index (χ4n) is 2.28. The van der Waals surface area contributed by atoms with E-state index in [1.807, 2.05) is 30.3 Å². The minimum atomic E-state index is -0.368. The molecule has 0 spiro atoms. The molecule has 1 fully saturated rings. The molecule has 17 heavy (non-hydrogen) atoms. The summed E-state index contributed by atoms with van der Waals surface area (Å²) < 4.78 is 0. The van der Waals surface area contributed by atoms with E-state index < -0.39 is 0 Å². The van der Waals surface area contributed by atoms with Crippen LogP contribution >= 0.6 is 0 Å². The zero-order valence-corrected chi connectivity index (χ0v) is 9.54. The number of hydrogen-bond acceptors (Lipinski definition) is 3. The van der Waals surface area contributed by atoms with Crippen LogP contribution in [0, 0.1) is 23.2 Å². The Morgan fingerprint density at radius 3 is 2.65 bits per heavy atom. The van der Waals surface area contributed by atoms with Crippen molar-refractivity contribution >= 4 is 5.91 Å². The van der Waals surface area contributed by atoms with Crippen molar-refractivity contribution in [1.29, 1.82) is 5.26 Å². The number of carbonyl (C=O) groups is 1. The number of primary amides is 1. The monoisotopic (exact) mass is 229 g/mol. The highest BCUT2D eigenvalue weighted by Gasteiger charge is 2.36. The van der Waals surface area contributed by atoms with Crippen molar-refractivity contribution in [3.8, 4) is 6.07 Å². The third-order valence-electron chi connectivity index (χ3n) is 3.18. The van der Waals surface area contributed by atoms with Gasteiger partial charge < -0.3 is 5.73 Å². The first-order valence-corrected chi connectivity index (χ1v) is 5.66. The lowest BCUT2D eigenvalue weighted by atomic mass is 9.97. The van der Waals surface area contributed by atoms with Crippen LogP contribution in [0.1, 0.15) is 5.56 Å². The van der Waals surface area contributed by atoms with Crippen LogP contribution in [-0.4, -0.2) is 23.9 Å². The number of hydrogen-bond donors (Lipinski definition) is 1. The number of likely N-dealkylation sites (tertiary alicyclic amines) is 1. The van der Waals surface area contributed by atoms with E-state index >= 15 is 0 Å². The van der Waals surface area contributed by atoms with E-state index in [9.17, 15) is 4.79 Å². The summed E-state index contributed by atoms with van der Waals surface area (Å²) in [6, 6.07) is 12.2. The highest BCUT2D eigenvalue weighted by molar-refractivity contribution is 5.78. The molecule has 1 saturated heterocycles. The van der Waals surface area contributed by atoms with E-state index in [0.717, 1.165) is 6.54 Å². The number of nitriles is 1. The second-order valence-electron chi connectivity index (χ2n) is 4.42. The molecule has 2 atom stereocenters. The molecule has 0 bridgehead atoms. The lowest BCUT2D eigenvalue weighted by molar-refractivity contribution is -0.122. The van der Waals surface area contributed by atoms with Crippen molar-refractivity contribution in [3.63, 3.8) is 0 Å². The molecule has 1 aliphatic rings. The van der Waals surface area contributed by atoms with Gasteiger partial charge in [-0.25, -0.2) is 0 Å². The van der Waals surface area contributed by atoms with Crippen molar-refractivity contribution in [2.45, 2.75) is 6.54 Å². The van der Waals surface area contributed by atoms with Crippen LogP contribution in [0.15, 0.2) is 30.3 Å². The van der Waals surface area contributed by atoms with Gasteiger partial charge in [-0.2, -0.15) is 5.26 Å². The molecule has 2 unspecified atom stereocenters. The summed E-state index contributed by atoms with van der Waals surface area (Å²) in [6.07, 6.45) is 0. The maximum Gasteiger partial charge on any atom is 0.223 e. The Morgan fingerprint density at radius 1 is 1.41 bits per heavy atom. The van der Waals surface area contributed by atoms with Gasteiger partial charge in [-0.3, -0.25) is 9.69 Å². The highest BCUT2D eigenvalue weighted by Crippen LogP contribution is 2.24. The Balaban J connectivity index is 2.02. The lowest BCUT2D eigenvalue weighted by Crippen LogP contribution is -2.29. The van der Waals surface area contributed by atoms with Gasteiger partial charge in [0.25, 0.3) is 0 Å². The Hall–Kier alpha value is -1.86. The molecule has 0 aromatic heterocycles. The van der Waals surface area contributed by atoms with Gasteiger partial charge in [-0.05, 0) is 5.56 Å². The van der Waals surface area contributed by atoms with Gasteiger partial charge >= 0.3 is 0 Å². The first-order valence-electron chi connectivity index (χ1n) is 5.66. The zero-order chi connectivity index (χ0) is 12.3. The van der Waals surface area contributed by atoms with Crippen molar-refractivity contribution in [2.24, 2.45) is 17.6 Å². The third kappa shape index (κ3) is 2.63. The van der Waals surface area contributed by atoms with Crippen molar-refractivity contribution in [2.75, 3.05) is 13.1 Å². The van der Waals surface area contributed by atoms with Crippen LogP contribution in [-0.2, 0) is 11.3 Å². The van der Waals surface area contributed by atoms with E-state index in [2.05, 4.69) is 11.0 Å². The predicted octanol–water partition coefficient (Wildman–Crippen LogP) is 0.743. The van der Waals surface area contributed by atoms with E-state index in [-0.39, 0.29) is 17.7 Å². The quantitative estimate of drug-likeness (QED) is 0.831. The lowest BCUT2D eigenvalue weighted by Gasteiger charge is -2.14. The molecule has 0 saturated carbocycles. The third-order valence-corrected chi connectivity index (χ3v) is 3.18. The number of amides is 1. The Bertz CT molecular complexity index is 438. The van der Waals surface area contributed by atoms with E-state index in [0.29, 0.717) is 13.1 Å². The van der Waals surface area contributed by atoms with Gasteiger partial charge in [0.2, 0.25) is 5.91 Å². The maximum atomic E-state index is 11.2. The summed E-state index contributed by atoms with van der Waals surface area (Å²) in [6.45, 7) is 1.98. The van der Waals surface area contributed by atoms with Crippen LogP contribution in [0.2, 0.25) is 0 Å². The summed E-state index contributed by atoms with van der Waals surface area (Å²) in [5, 5.41) is 8.98. The van der Waals surface area contributed by atoms with Gasteiger partial charge in [-0.1, -0.05) is 30.3 Å². The minimum absolute atomic E-state index is 0.267. The smallest absolute Gasteiger partial charge is 0.223 e. The molecular weight excluding hydrogens is 214 g/mol. The molecule has 1 amide bonds. The SMILES string of the molecule is N#CC1CN(Cc2ccccc2)CC1C(N)=O. The van der Waals surface area contributed by atoms with Crippen molar-refractivity contribution < 1.29 is 4.79 Å². The van der Waals surface area contributed by atoms with Gasteiger partial charge in [0.15, 0.2) is 0 Å². The number of rotatable bonds is 3. The number of nitrogens with two attached hydrogens (primary N) is 1. The topological polar surface area (TPSA) is 70.1 Å². The molecule has 4 nitrogen and oxygen atoms in total. The second kappa shape index (κ2) is 4.98. The van der Waals surface area contributed by atoms with E-state index in [4.69, 9.17) is 11.0 Å². The van der Waals surface area contributed by atoms with Crippen LogP contribution in [0.4, 0.5) is 0 Å². The fourth-order valence-corrected chi connectivity index (χ4v) is 2.28. The van der Waals surface area contributed by atoms with Crippen LogP contribution in [0.25, 0.3) is 0 Å². The largest absolute Gasteiger partial charge is 0.369 e. The van der Waals surface area contributed by atoms with E-state index in [1.54, 1.807) is 0 Å². The highest BCUT2D eigenvalue weighted by atomic mass is 16.1. The summed E-state index contributed by atoms with van der Waals surface area (Å²) in [7, 11) is 0. The number of carbonyl (C=O) groups excluding carboxylic acids is 1. The molecule has 4 heteroatoms. The molecule has 1 heterocycles. The molecular formula is C13H15N3O. The van der Waals surface area contributed by atoms with Gasteiger partial charge in [0, 0.05) is 19.6 Å². The minimum Gasteiger partial charge on any atom is -0.369 e. The summed E-state index contributed by atoms with van der Waals surface area (Å²) in [5.41, 5.74) is 6.49. The van der Waals surface area contributed by atoms with Gasteiger partial charge in [0.1, 0.15) is 0 Å². The molecule has 1 aromatic rings. The maximum absolute atomic E-state index is 11.2. The van der Waals surface area contributed by atoms with Crippen LogP contribution < -0.4 is 5.73 Å². The first kappa shape index (κ1) is 11.6. The van der Waals surface area contributed by atoms with E-state index in [1.165, 1.54) is 5.56 Å². The Labute approximate surface area is 101 Å². The van der Waals surface area contributed by atoms with Crippen molar-refractivity contribution in [1.82, 2.24) is 4.90 Å². The molecule has 0 radical (unpaired) electrons. The standard InChI is InChI=1S/C13H15N3O/c14-6-11-8-16(9-12(11)13(15)17)7-10-4-2-1-3-5-10/h1-5,11-12H,7-9H2,(H2,15,17).